The maximum Gasteiger partial charge on any atom is 0.410 e. The van der Waals surface area contributed by atoms with E-state index in [1.54, 1.807) is 17.3 Å². The summed E-state index contributed by atoms with van der Waals surface area (Å²) < 4.78 is 12.0. The van der Waals surface area contributed by atoms with Gasteiger partial charge < -0.3 is 9.47 Å². The van der Waals surface area contributed by atoms with Gasteiger partial charge in [0.2, 0.25) is 0 Å². The Labute approximate surface area is 132 Å². The molecule has 5 nitrogen and oxygen atoms in total. The number of morpholine rings is 1. The second kappa shape index (κ2) is 6.26. The molecule has 1 atom stereocenters. The molecule has 0 radical (unpaired) electrons. The number of carbonyl (C=O) groups excluding carboxylic acids is 1. The van der Waals surface area contributed by atoms with Crippen LogP contribution < -0.4 is 0 Å². The average molecular weight is 390 g/mol. The minimum Gasteiger partial charge on any atom is -0.444 e. The van der Waals surface area contributed by atoms with Gasteiger partial charge in [-0.25, -0.2) is 4.79 Å². The molecule has 0 aromatic carbocycles. The molecule has 1 amide bonds. The molecule has 110 valence electrons. The molecule has 1 saturated heterocycles. The molecule has 1 fully saturated rings. The zero-order chi connectivity index (χ0) is 14.8. The van der Waals surface area contributed by atoms with Gasteiger partial charge in [0.1, 0.15) is 5.60 Å². The highest BCUT2D eigenvalue weighted by atomic mass is 127. The van der Waals surface area contributed by atoms with Crippen LogP contribution in [0.3, 0.4) is 0 Å². The number of aromatic nitrogens is 1. The molecule has 1 unspecified atom stereocenters. The second-order valence-corrected chi connectivity index (χ2v) is 6.95. The quantitative estimate of drug-likeness (QED) is 0.692. The van der Waals surface area contributed by atoms with Crippen LogP contribution in [-0.4, -0.2) is 41.3 Å². The number of pyridine rings is 1. The van der Waals surface area contributed by atoms with Crippen molar-refractivity contribution in [3.05, 3.63) is 27.6 Å². The normalized spacial score (nSPS) is 19.8. The van der Waals surface area contributed by atoms with Crippen LogP contribution in [0.1, 0.15) is 32.4 Å². The summed E-state index contributed by atoms with van der Waals surface area (Å²) in [5, 5.41) is 0. The summed E-state index contributed by atoms with van der Waals surface area (Å²) in [5.41, 5.74) is 0.478. The van der Waals surface area contributed by atoms with Crippen LogP contribution in [0.4, 0.5) is 4.79 Å². The fourth-order valence-corrected chi connectivity index (χ4v) is 2.55. The second-order valence-electron chi connectivity index (χ2n) is 5.70. The highest BCUT2D eigenvalue weighted by molar-refractivity contribution is 14.1. The lowest BCUT2D eigenvalue weighted by Gasteiger charge is -2.36. The van der Waals surface area contributed by atoms with Crippen molar-refractivity contribution in [3.63, 3.8) is 0 Å². The Morgan fingerprint density at radius 1 is 1.50 bits per heavy atom. The van der Waals surface area contributed by atoms with Gasteiger partial charge in [-0.3, -0.25) is 9.88 Å². The third-order valence-electron chi connectivity index (χ3n) is 2.87. The van der Waals surface area contributed by atoms with E-state index in [-0.39, 0.29) is 12.1 Å². The summed E-state index contributed by atoms with van der Waals surface area (Å²) in [5.74, 6) is 0. The van der Waals surface area contributed by atoms with Gasteiger partial charge >= 0.3 is 6.09 Å². The van der Waals surface area contributed by atoms with Crippen LogP contribution in [0.2, 0.25) is 0 Å². The van der Waals surface area contributed by atoms with Crippen molar-refractivity contribution >= 4 is 28.7 Å². The first kappa shape index (κ1) is 15.5. The molecule has 0 bridgehead atoms. The van der Waals surface area contributed by atoms with Gasteiger partial charge in [0.15, 0.2) is 0 Å². The van der Waals surface area contributed by atoms with Crippen molar-refractivity contribution in [2.45, 2.75) is 32.4 Å². The van der Waals surface area contributed by atoms with E-state index in [9.17, 15) is 4.79 Å². The zero-order valence-electron chi connectivity index (χ0n) is 11.9. The lowest BCUT2D eigenvalue weighted by atomic mass is 10.1. The van der Waals surface area contributed by atoms with E-state index >= 15 is 0 Å². The molecule has 1 aliphatic rings. The third kappa shape index (κ3) is 4.05. The largest absolute Gasteiger partial charge is 0.444 e. The van der Waals surface area contributed by atoms with Crippen molar-refractivity contribution in [1.29, 1.82) is 0 Å². The number of ether oxygens (including phenoxy) is 2. The molecule has 1 aliphatic heterocycles. The van der Waals surface area contributed by atoms with Gasteiger partial charge in [-0.2, -0.15) is 0 Å². The van der Waals surface area contributed by atoms with Crippen molar-refractivity contribution in [3.8, 4) is 0 Å². The molecule has 1 aromatic rings. The number of halogens is 1. The molecule has 1 aromatic heterocycles. The van der Waals surface area contributed by atoms with Gasteiger partial charge in [-0.05, 0) is 55.0 Å². The fraction of sp³-hybridized carbons (Fsp3) is 0.571. The fourth-order valence-electron chi connectivity index (χ4n) is 2.03. The minimum atomic E-state index is -0.497. The first-order chi connectivity index (χ1) is 9.37. The van der Waals surface area contributed by atoms with Gasteiger partial charge in [0.05, 0.1) is 19.3 Å². The van der Waals surface area contributed by atoms with E-state index in [1.165, 1.54) is 0 Å². The van der Waals surface area contributed by atoms with E-state index in [2.05, 4.69) is 27.6 Å². The molecule has 0 spiro atoms. The van der Waals surface area contributed by atoms with Crippen molar-refractivity contribution in [2.75, 3.05) is 19.8 Å². The van der Waals surface area contributed by atoms with Crippen LogP contribution in [0.15, 0.2) is 18.5 Å². The highest BCUT2D eigenvalue weighted by Gasteiger charge is 2.32. The molecule has 2 heterocycles. The molecule has 0 N–H and O–H groups in total. The number of rotatable bonds is 1. The maximum absolute atomic E-state index is 12.3. The molecule has 2 rings (SSSR count). The Morgan fingerprint density at radius 2 is 2.25 bits per heavy atom. The summed E-state index contributed by atoms with van der Waals surface area (Å²) in [6.45, 7) is 7.15. The lowest BCUT2D eigenvalue weighted by molar-refractivity contribution is -0.0331. The summed E-state index contributed by atoms with van der Waals surface area (Å²) in [4.78, 5) is 18.2. The average Bonchev–Trinajstić information content (AvgIpc) is 2.37. The van der Waals surface area contributed by atoms with E-state index < -0.39 is 5.60 Å². The van der Waals surface area contributed by atoms with Gasteiger partial charge in [0.25, 0.3) is 0 Å². The van der Waals surface area contributed by atoms with Crippen molar-refractivity contribution in [2.24, 2.45) is 0 Å². The minimum absolute atomic E-state index is 0.138. The SMILES string of the molecule is CC(C)(C)OC(=O)N1CCOCC1c1cncc(I)c1. The summed E-state index contributed by atoms with van der Waals surface area (Å²) in [7, 11) is 0. The molecular weight excluding hydrogens is 371 g/mol. The molecular formula is C14H19IN2O3. The van der Waals surface area contributed by atoms with Crippen LogP contribution in [-0.2, 0) is 9.47 Å². The van der Waals surface area contributed by atoms with Gasteiger partial charge in [-0.1, -0.05) is 0 Å². The Morgan fingerprint density at radius 3 is 2.90 bits per heavy atom. The van der Waals surface area contributed by atoms with Crippen molar-refractivity contribution in [1.82, 2.24) is 9.88 Å². The first-order valence-electron chi connectivity index (χ1n) is 6.54. The molecule has 6 heteroatoms. The van der Waals surface area contributed by atoms with E-state index in [0.29, 0.717) is 19.8 Å². The first-order valence-corrected chi connectivity index (χ1v) is 7.62. The monoisotopic (exact) mass is 390 g/mol. The predicted octanol–water partition coefficient (Wildman–Crippen LogP) is 2.99. The summed E-state index contributed by atoms with van der Waals surface area (Å²) in [6.07, 6.45) is 3.26. The van der Waals surface area contributed by atoms with Crippen LogP contribution >= 0.6 is 22.6 Å². The number of amides is 1. The maximum atomic E-state index is 12.3. The zero-order valence-corrected chi connectivity index (χ0v) is 14.1. The third-order valence-corrected chi connectivity index (χ3v) is 3.46. The topological polar surface area (TPSA) is 51.7 Å². The molecule has 0 saturated carbocycles. The lowest BCUT2D eigenvalue weighted by Crippen LogP contribution is -2.45. The Hall–Kier alpha value is -0.890. The predicted molar refractivity (Wildman–Crippen MR) is 83.5 cm³/mol. The number of hydrogen-bond acceptors (Lipinski definition) is 4. The number of nitrogens with zero attached hydrogens (tertiary/aromatic N) is 2. The summed E-state index contributed by atoms with van der Waals surface area (Å²) >= 11 is 2.21. The van der Waals surface area contributed by atoms with Crippen LogP contribution in [0.25, 0.3) is 0 Å². The number of carbonyl (C=O) groups is 1. The van der Waals surface area contributed by atoms with Crippen LogP contribution in [0, 0.1) is 3.57 Å². The smallest absolute Gasteiger partial charge is 0.410 e. The summed E-state index contributed by atoms with van der Waals surface area (Å²) in [6, 6.07) is 1.88. The molecule has 20 heavy (non-hydrogen) atoms. The Balaban J connectivity index is 2.19. The highest BCUT2D eigenvalue weighted by Crippen LogP contribution is 2.26. The molecule has 0 aliphatic carbocycles. The van der Waals surface area contributed by atoms with Gasteiger partial charge in [0, 0.05) is 22.5 Å². The van der Waals surface area contributed by atoms with Gasteiger partial charge in [-0.15, -0.1) is 0 Å². The van der Waals surface area contributed by atoms with Crippen LogP contribution in [0.5, 0.6) is 0 Å². The standard InChI is InChI=1S/C14H19IN2O3/c1-14(2,3)20-13(18)17-4-5-19-9-12(17)10-6-11(15)8-16-7-10/h6-8,12H,4-5,9H2,1-3H3. The van der Waals surface area contributed by atoms with E-state index in [1.807, 2.05) is 26.8 Å². The Bertz CT molecular complexity index is 488. The van der Waals surface area contributed by atoms with E-state index in [0.717, 1.165) is 9.13 Å². The van der Waals surface area contributed by atoms with Crippen molar-refractivity contribution < 1.29 is 14.3 Å². The van der Waals surface area contributed by atoms with E-state index in [4.69, 9.17) is 9.47 Å². The Kier molecular flexibility index (Phi) is 4.85. The number of hydrogen-bond donors (Lipinski definition) is 0.